The molecule has 0 aromatic heterocycles. The molecule has 1 amide bonds. The maximum atomic E-state index is 10.6. The summed E-state index contributed by atoms with van der Waals surface area (Å²) in [5.41, 5.74) is 0. The fraction of sp³-hybridized carbons (Fsp3) is 0.875. The highest BCUT2D eigenvalue weighted by Gasteiger charge is 1.95. The summed E-state index contributed by atoms with van der Waals surface area (Å²) in [4.78, 5) is 10.6. The van der Waals surface area contributed by atoms with Gasteiger partial charge in [-0.1, -0.05) is 12.8 Å². The quantitative estimate of drug-likeness (QED) is 0.496. The van der Waals surface area contributed by atoms with E-state index in [4.69, 9.17) is 4.74 Å². The number of amides is 1. The molecule has 0 aliphatic heterocycles. The van der Waals surface area contributed by atoms with E-state index in [1.807, 2.05) is 0 Å². The highest BCUT2D eigenvalue weighted by Crippen LogP contribution is 2.00. The standard InChI is InChI=1S/C8H17NO2S/c1-9-8(10)11-6-4-2-3-5-7-12/h12H,2-7H2,1H3,(H,9,10). The van der Waals surface area contributed by atoms with Crippen LogP contribution in [-0.4, -0.2) is 25.5 Å². The molecule has 3 nitrogen and oxygen atoms in total. The van der Waals surface area contributed by atoms with Crippen molar-refractivity contribution in [2.45, 2.75) is 25.7 Å². The van der Waals surface area contributed by atoms with Crippen LogP contribution in [0.5, 0.6) is 0 Å². The number of hydrogen-bond donors (Lipinski definition) is 2. The molecule has 0 aliphatic carbocycles. The van der Waals surface area contributed by atoms with Gasteiger partial charge in [0.15, 0.2) is 0 Å². The van der Waals surface area contributed by atoms with Crippen LogP contribution in [0.15, 0.2) is 0 Å². The van der Waals surface area contributed by atoms with Gasteiger partial charge in [0.2, 0.25) is 0 Å². The minimum Gasteiger partial charge on any atom is -0.450 e. The summed E-state index contributed by atoms with van der Waals surface area (Å²) in [6, 6.07) is 0. The summed E-state index contributed by atoms with van der Waals surface area (Å²) in [5.74, 6) is 0.941. The lowest BCUT2D eigenvalue weighted by molar-refractivity contribution is 0.146. The van der Waals surface area contributed by atoms with Gasteiger partial charge in [0, 0.05) is 7.05 Å². The van der Waals surface area contributed by atoms with Gasteiger partial charge in [-0.2, -0.15) is 12.6 Å². The van der Waals surface area contributed by atoms with Gasteiger partial charge in [0.25, 0.3) is 0 Å². The summed E-state index contributed by atoms with van der Waals surface area (Å²) < 4.78 is 4.80. The molecular weight excluding hydrogens is 174 g/mol. The Morgan fingerprint density at radius 2 is 2.00 bits per heavy atom. The molecule has 0 spiro atoms. The highest BCUT2D eigenvalue weighted by molar-refractivity contribution is 7.80. The predicted octanol–water partition coefficient (Wildman–Crippen LogP) is 1.83. The van der Waals surface area contributed by atoms with Crippen LogP contribution in [0.25, 0.3) is 0 Å². The first-order valence-corrected chi connectivity index (χ1v) is 4.90. The van der Waals surface area contributed by atoms with Gasteiger partial charge in [-0.05, 0) is 18.6 Å². The Labute approximate surface area is 79.3 Å². The Bertz CT molecular complexity index is 120. The Hall–Kier alpha value is -0.380. The van der Waals surface area contributed by atoms with Crippen molar-refractivity contribution < 1.29 is 9.53 Å². The Morgan fingerprint density at radius 1 is 1.33 bits per heavy atom. The van der Waals surface area contributed by atoms with Crippen LogP contribution in [-0.2, 0) is 4.74 Å². The number of rotatable bonds is 6. The van der Waals surface area contributed by atoms with E-state index in [0.717, 1.165) is 25.0 Å². The topological polar surface area (TPSA) is 38.3 Å². The van der Waals surface area contributed by atoms with Gasteiger partial charge in [-0.15, -0.1) is 0 Å². The van der Waals surface area contributed by atoms with Crippen LogP contribution in [0, 0.1) is 0 Å². The van der Waals surface area contributed by atoms with Crippen LogP contribution in [0.2, 0.25) is 0 Å². The minimum atomic E-state index is -0.343. The third-order valence-electron chi connectivity index (χ3n) is 1.49. The van der Waals surface area contributed by atoms with E-state index in [0.29, 0.717) is 6.61 Å². The molecule has 0 atom stereocenters. The van der Waals surface area contributed by atoms with Crippen molar-refractivity contribution in [1.29, 1.82) is 0 Å². The summed E-state index contributed by atoms with van der Waals surface area (Å²) in [6.45, 7) is 0.520. The molecule has 0 fully saturated rings. The van der Waals surface area contributed by atoms with Crippen molar-refractivity contribution in [1.82, 2.24) is 5.32 Å². The Kier molecular flexibility index (Phi) is 8.44. The number of thiol groups is 1. The zero-order chi connectivity index (χ0) is 9.23. The van der Waals surface area contributed by atoms with E-state index in [9.17, 15) is 4.79 Å². The van der Waals surface area contributed by atoms with E-state index in [-0.39, 0.29) is 6.09 Å². The Balaban J connectivity index is 2.95. The van der Waals surface area contributed by atoms with Gasteiger partial charge in [-0.25, -0.2) is 4.79 Å². The van der Waals surface area contributed by atoms with Crippen molar-refractivity contribution in [3.05, 3.63) is 0 Å². The zero-order valence-electron chi connectivity index (χ0n) is 7.51. The number of alkyl carbamates (subject to hydrolysis) is 1. The molecule has 1 N–H and O–H groups in total. The second-order valence-electron chi connectivity index (χ2n) is 2.52. The molecule has 72 valence electrons. The van der Waals surface area contributed by atoms with Gasteiger partial charge in [-0.3, -0.25) is 0 Å². The van der Waals surface area contributed by atoms with Gasteiger partial charge in [0.1, 0.15) is 0 Å². The molecule has 12 heavy (non-hydrogen) atoms. The monoisotopic (exact) mass is 191 g/mol. The van der Waals surface area contributed by atoms with Crippen molar-refractivity contribution in [2.24, 2.45) is 0 Å². The smallest absolute Gasteiger partial charge is 0.406 e. The van der Waals surface area contributed by atoms with E-state index in [1.54, 1.807) is 7.05 Å². The van der Waals surface area contributed by atoms with Crippen molar-refractivity contribution in [3.8, 4) is 0 Å². The average Bonchev–Trinajstić information content (AvgIpc) is 2.10. The number of carbonyl (C=O) groups excluding carboxylic acids is 1. The van der Waals surface area contributed by atoms with E-state index < -0.39 is 0 Å². The predicted molar refractivity (Wildman–Crippen MR) is 52.7 cm³/mol. The first-order valence-electron chi connectivity index (χ1n) is 4.26. The minimum absolute atomic E-state index is 0.343. The fourth-order valence-corrected chi connectivity index (χ4v) is 1.03. The van der Waals surface area contributed by atoms with Crippen LogP contribution in [0.1, 0.15) is 25.7 Å². The highest BCUT2D eigenvalue weighted by atomic mass is 32.1. The Morgan fingerprint density at radius 3 is 2.58 bits per heavy atom. The van der Waals surface area contributed by atoms with Crippen molar-refractivity contribution in [2.75, 3.05) is 19.4 Å². The third-order valence-corrected chi connectivity index (χ3v) is 1.81. The molecule has 0 rings (SSSR count). The lowest BCUT2D eigenvalue weighted by Crippen LogP contribution is -2.19. The maximum absolute atomic E-state index is 10.6. The van der Waals surface area contributed by atoms with E-state index >= 15 is 0 Å². The lowest BCUT2D eigenvalue weighted by Gasteiger charge is -2.02. The molecule has 0 aliphatic rings. The molecule has 0 saturated carbocycles. The first-order chi connectivity index (χ1) is 5.81. The molecule has 0 radical (unpaired) electrons. The van der Waals surface area contributed by atoms with Crippen LogP contribution < -0.4 is 5.32 Å². The normalized spacial score (nSPS) is 9.50. The molecule has 0 aromatic carbocycles. The number of ether oxygens (including phenoxy) is 1. The van der Waals surface area contributed by atoms with Gasteiger partial charge >= 0.3 is 6.09 Å². The van der Waals surface area contributed by atoms with Gasteiger partial charge in [0.05, 0.1) is 6.61 Å². The first kappa shape index (κ1) is 11.6. The van der Waals surface area contributed by atoms with E-state index in [2.05, 4.69) is 17.9 Å². The number of hydrogen-bond acceptors (Lipinski definition) is 3. The third kappa shape index (κ3) is 7.72. The fourth-order valence-electron chi connectivity index (χ4n) is 0.804. The molecule has 0 saturated heterocycles. The number of carbonyl (C=O) groups is 1. The van der Waals surface area contributed by atoms with Crippen LogP contribution >= 0.6 is 12.6 Å². The van der Waals surface area contributed by atoms with Crippen molar-refractivity contribution >= 4 is 18.7 Å². The molecular formula is C8H17NO2S. The maximum Gasteiger partial charge on any atom is 0.406 e. The summed E-state index contributed by atoms with van der Waals surface area (Å²) >= 11 is 4.10. The molecule has 0 bridgehead atoms. The van der Waals surface area contributed by atoms with E-state index in [1.165, 1.54) is 6.42 Å². The molecule has 0 unspecified atom stereocenters. The average molecular weight is 191 g/mol. The second-order valence-corrected chi connectivity index (χ2v) is 2.97. The van der Waals surface area contributed by atoms with Crippen LogP contribution in [0.3, 0.4) is 0 Å². The summed E-state index contributed by atoms with van der Waals surface area (Å²) in [6.07, 6.45) is 4.02. The molecule has 0 heterocycles. The largest absolute Gasteiger partial charge is 0.450 e. The lowest BCUT2D eigenvalue weighted by atomic mass is 10.2. The summed E-state index contributed by atoms with van der Waals surface area (Å²) in [7, 11) is 1.56. The van der Waals surface area contributed by atoms with Crippen LogP contribution in [0.4, 0.5) is 4.79 Å². The SMILES string of the molecule is CNC(=O)OCCCCCCS. The molecule has 0 aromatic rings. The van der Waals surface area contributed by atoms with Gasteiger partial charge < -0.3 is 10.1 Å². The van der Waals surface area contributed by atoms with Crippen molar-refractivity contribution in [3.63, 3.8) is 0 Å². The number of nitrogens with one attached hydrogen (secondary N) is 1. The summed E-state index contributed by atoms with van der Waals surface area (Å²) in [5, 5.41) is 2.39. The second kappa shape index (κ2) is 8.71. The zero-order valence-corrected chi connectivity index (χ0v) is 8.40. The molecule has 4 heteroatoms. The number of unbranched alkanes of at least 4 members (excludes halogenated alkanes) is 3.